The molecule has 0 aliphatic rings. The van der Waals surface area contributed by atoms with Gasteiger partial charge in [0.25, 0.3) is 5.91 Å². The van der Waals surface area contributed by atoms with Crippen molar-refractivity contribution >= 4 is 21.8 Å². The van der Waals surface area contributed by atoms with E-state index < -0.39 is 11.6 Å². The minimum atomic E-state index is -0.651. The van der Waals surface area contributed by atoms with Crippen LogP contribution in [0, 0.1) is 18.6 Å². The lowest BCUT2D eigenvalue weighted by molar-refractivity contribution is 0.0963. The van der Waals surface area contributed by atoms with Crippen LogP contribution in [0.25, 0.3) is 16.9 Å². The van der Waals surface area contributed by atoms with E-state index in [1.165, 1.54) is 12.1 Å². The molecular formula is C26H21BrF2N2O2. The Bertz CT molecular complexity index is 1320. The molecule has 0 radical (unpaired) electrons. The first-order chi connectivity index (χ1) is 15.9. The second kappa shape index (κ2) is 9.58. The number of benzene rings is 3. The number of halogens is 3. The molecule has 33 heavy (non-hydrogen) atoms. The number of hydrogen-bond donors (Lipinski definition) is 1. The van der Waals surface area contributed by atoms with Crippen LogP contribution in [0.3, 0.4) is 0 Å². The van der Waals surface area contributed by atoms with Crippen molar-refractivity contribution in [3.8, 4) is 22.7 Å². The summed E-state index contributed by atoms with van der Waals surface area (Å²) in [5, 5.41) is 2.62. The van der Waals surface area contributed by atoms with E-state index in [2.05, 4.69) is 25.8 Å². The third kappa shape index (κ3) is 4.68. The summed E-state index contributed by atoms with van der Waals surface area (Å²) in [6.07, 6.45) is 0. The van der Waals surface area contributed by atoms with Crippen molar-refractivity contribution in [3.63, 3.8) is 0 Å². The first-order valence-corrected chi connectivity index (χ1v) is 11.0. The van der Waals surface area contributed by atoms with Crippen molar-refractivity contribution < 1.29 is 18.3 Å². The summed E-state index contributed by atoms with van der Waals surface area (Å²) in [5.74, 6) is -0.882. The van der Waals surface area contributed by atoms with E-state index in [0.29, 0.717) is 11.3 Å². The molecule has 0 unspecified atom stereocenters. The van der Waals surface area contributed by atoms with E-state index >= 15 is 0 Å². The lowest BCUT2D eigenvalue weighted by Crippen LogP contribution is -2.17. The monoisotopic (exact) mass is 510 g/mol. The molecule has 0 fully saturated rings. The van der Waals surface area contributed by atoms with Gasteiger partial charge in [-0.1, -0.05) is 6.07 Å². The summed E-state index contributed by atoms with van der Waals surface area (Å²) in [6.45, 7) is 1.94. The molecule has 168 valence electrons. The Morgan fingerprint density at radius 2 is 1.79 bits per heavy atom. The predicted octanol–water partition coefficient (Wildman–Crippen LogP) is 6.43. The van der Waals surface area contributed by atoms with Gasteiger partial charge in [0.05, 0.1) is 11.3 Å². The second-order valence-electron chi connectivity index (χ2n) is 7.46. The van der Waals surface area contributed by atoms with E-state index in [1.807, 2.05) is 49.4 Å². The van der Waals surface area contributed by atoms with Crippen LogP contribution in [-0.4, -0.2) is 17.5 Å². The fourth-order valence-corrected chi connectivity index (χ4v) is 4.20. The summed E-state index contributed by atoms with van der Waals surface area (Å²) >= 11 is 3.62. The molecule has 0 aliphatic carbocycles. The lowest BCUT2D eigenvalue weighted by atomic mass is 10.1. The molecule has 0 saturated carbocycles. The third-order valence-corrected chi connectivity index (χ3v) is 5.98. The molecule has 0 aliphatic heterocycles. The van der Waals surface area contributed by atoms with Gasteiger partial charge in [-0.15, -0.1) is 0 Å². The second-order valence-corrected chi connectivity index (χ2v) is 8.31. The van der Waals surface area contributed by atoms with Crippen LogP contribution < -0.4 is 10.1 Å². The highest BCUT2D eigenvalue weighted by molar-refractivity contribution is 9.10. The number of carbonyl (C=O) groups is 1. The Labute approximate surface area is 199 Å². The van der Waals surface area contributed by atoms with Crippen LogP contribution in [0.4, 0.5) is 8.78 Å². The Morgan fingerprint density at radius 1 is 1.03 bits per heavy atom. The van der Waals surface area contributed by atoms with Crippen LogP contribution in [0.5, 0.6) is 5.75 Å². The number of rotatable bonds is 6. The predicted molar refractivity (Wildman–Crippen MR) is 128 cm³/mol. The van der Waals surface area contributed by atoms with Crippen LogP contribution in [0.1, 0.15) is 21.6 Å². The molecule has 0 bridgehead atoms. The first-order valence-electron chi connectivity index (χ1n) is 10.3. The molecule has 4 nitrogen and oxygen atoms in total. The number of nitrogens with one attached hydrogen (secondary N) is 1. The van der Waals surface area contributed by atoms with E-state index in [0.717, 1.165) is 33.2 Å². The van der Waals surface area contributed by atoms with E-state index in [-0.39, 0.29) is 18.1 Å². The molecule has 1 N–H and O–H groups in total. The Kier molecular flexibility index (Phi) is 6.60. The summed E-state index contributed by atoms with van der Waals surface area (Å²) in [5.41, 5.74) is 4.36. The van der Waals surface area contributed by atoms with Gasteiger partial charge in [0.2, 0.25) is 0 Å². The van der Waals surface area contributed by atoms with Crippen molar-refractivity contribution in [1.29, 1.82) is 0 Å². The summed E-state index contributed by atoms with van der Waals surface area (Å²) in [7, 11) is 1.59. The molecule has 3 aromatic carbocycles. The van der Waals surface area contributed by atoms with Crippen LogP contribution >= 0.6 is 15.9 Å². The molecule has 1 heterocycles. The van der Waals surface area contributed by atoms with Gasteiger partial charge >= 0.3 is 0 Å². The number of aryl methyl sites for hydroxylation is 1. The number of amides is 1. The zero-order valence-electron chi connectivity index (χ0n) is 18.0. The van der Waals surface area contributed by atoms with E-state index in [4.69, 9.17) is 4.74 Å². The minimum absolute atomic E-state index is 0.0456. The van der Waals surface area contributed by atoms with Gasteiger partial charge < -0.3 is 14.6 Å². The van der Waals surface area contributed by atoms with Gasteiger partial charge in [0, 0.05) is 40.1 Å². The topological polar surface area (TPSA) is 43.3 Å². The van der Waals surface area contributed by atoms with Crippen molar-refractivity contribution in [1.82, 2.24) is 9.88 Å². The smallest absolute Gasteiger partial charge is 0.251 e. The largest absolute Gasteiger partial charge is 0.488 e. The highest BCUT2D eigenvalue weighted by Crippen LogP contribution is 2.39. The van der Waals surface area contributed by atoms with Crippen molar-refractivity contribution in [3.05, 3.63) is 106 Å². The van der Waals surface area contributed by atoms with Gasteiger partial charge in [-0.25, -0.2) is 8.78 Å². The molecular weight excluding hydrogens is 490 g/mol. The quantitative estimate of drug-likeness (QED) is 0.324. The van der Waals surface area contributed by atoms with E-state index in [9.17, 15) is 13.6 Å². The van der Waals surface area contributed by atoms with Gasteiger partial charge in [-0.3, -0.25) is 4.79 Å². The number of ether oxygens (including phenoxy) is 1. The Hall–Kier alpha value is -3.45. The van der Waals surface area contributed by atoms with Gasteiger partial charge in [0.1, 0.15) is 24.0 Å². The first kappa shape index (κ1) is 22.7. The average molecular weight is 511 g/mol. The number of aromatic nitrogens is 1. The SMILES string of the molecule is CNC(=O)c1ccc(-n2c(C)ccc2-c2c(Br)cccc2OCc2ccc(F)cc2F)cc1. The number of carbonyl (C=O) groups excluding carboxylic acids is 1. The standard InChI is InChI=1S/C26H21BrF2N2O2/c1-16-6-13-23(31(16)20-11-8-17(9-12-20)26(32)30-2)25-21(27)4-3-5-24(25)33-15-18-7-10-19(28)14-22(18)29/h3-14H,15H2,1-2H3,(H,30,32). The zero-order valence-corrected chi connectivity index (χ0v) is 19.6. The van der Waals surface area contributed by atoms with Gasteiger partial charge in [-0.2, -0.15) is 0 Å². The normalized spacial score (nSPS) is 10.8. The van der Waals surface area contributed by atoms with Gasteiger partial charge in [0.15, 0.2) is 0 Å². The molecule has 0 atom stereocenters. The summed E-state index contributed by atoms with van der Waals surface area (Å²) in [4.78, 5) is 11.9. The minimum Gasteiger partial charge on any atom is -0.488 e. The van der Waals surface area contributed by atoms with Crippen molar-refractivity contribution in [2.45, 2.75) is 13.5 Å². The maximum atomic E-state index is 14.1. The molecule has 4 rings (SSSR count). The average Bonchev–Trinajstić information content (AvgIpc) is 3.19. The fourth-order valence-electron chi connectivity index (χ4n) is 3.65. The Morgan fingerprint density at radius 3 is 2.48 bits per heavy atom. The Balaban J connectivity index is 1.72. The molecule has 4 aromatic rings. The molecule has 7 heteroatoms. The third-order valence-electron chi connectivity index (χ3n) is 5.32. The lowest BCUT2D eigenvalue weighted by Gasteiger charge is -2.17. The summed E-state index contributed by atoms with van der Waals surface area (Å²) < 4.78 is 36.2. The van der Waals surface area contributed by atoms with Crippen LogP contribution in [0.15, 0.2) is 77.3 Å². The molecule has 0 saturated heterocycles. The molecule has 1 aromatic heterocycles. The van der Waals surface area contributed by atoms with Crippen LogP contribution in [-0.2, 0) is 6.61 Å². The van der Waals surface area contributed by atoms with Crippen molar-refractivity contribution in [2.24, 2.45) is 0 Å². The highest BCUT2D eigenvalue weighted by Gasteiger charge is 2.18. The van der Waals surface area contributed by atoms with E-state index in [1.54, 1.807) is 19.2 Å². The summed E-state index contributed by atoms with van der Waals surface area (Å²) in [6, 6.07) is 20.3. The molecule has 1 amide bonds. The number of hydrogen-bond acceptors (Lipinski definition) is 2. The van der Waals surface area contributed by atoms with Crippen LogP contribution in [0.2, 0.25) is 0 Å². The van der Waals surface area contributed by atoms with Gasteiger partial charge in [-0.05, 0) is 83.5 Å². The molecule has 0 spiro atoms. The zero-order chi connectivity index (χ0) is 23.5. The maximum absolute atomic E-state index is 14.1. The van der Waals surface area contributed by atoms with Crippen molar-refractivity contribution in [2.75, 3.05) is 7.05 Å². The fraction of sp³-hybridized carbons (Fsp3) is 0.115. The maximum Gasteiger partial charge on any atom is 0.251 e. The number of nitrogens with zero attached hydrogens (tertiary/aromatic N) is 1. The highest BCUT2D eigenvalue weighted by atomic mass is 79.9.